The van der Waals surface area contributed by atoms with Crippen molar-refractivity contribution in [3.63, 3.8) is 0 Å². The molecule has 3 rings (SSSR count). The summed E-state index contributed by atoms with van der Waals surface area (Å²) in [5.41, 5.74) is 3.60. The summed E-state index contributed by atoms with van der Waals surface area (Å²) in [4.78, 5) is 25.6. The first-order valence-corrected chi connectivity index (χ1v) is 11.9. The highest BCUT2D eigenvalue weighted by atomic mass is 35.5. The fourth-order valence-corrected chi connectivity index (χ4v) is 3.74. The minimum Gasteiger partial charge on any atom is -0.494 e. The molecule has 0 fully saturated rings. The molecular formula is C28H31ClN2O3. The van der Waals surface area contributed by atoms with Crippen molar-refractivity contribution in [2.24, 2.45) is 5.92 Å². The Kier molecular flexibility index (Phi) is 8.72. The molecule has 0 bridgehead atoms. The topological polar surface area (TPSA) is 67.4 Å². The highest BCUT2D eigenvalue weighted by molar-refractivity contribution is 6.34. The van der Waals surface area contributed by atoms with Gasteiger partial charge in [0, 0.05) is 11.3 Å². The highest BCUT2D eigenvalue weighted by Gasteiger charge is 2.18. The van der Waals surface area contributed by atoms with Gasteiger partial charge < -0.3 is 15.4 Å². The summed E-state index contributed by atoms with van der Waals surface area (Å²) in [6, 6.07) is 20.1. The quantitative estimate of drug-likeness (QED) is 0.350. The molecule has 1 atom stereocenters. The van der Waals surface area contributed by atoms with E-state index < -0.39 is 0 Å². The van der Waals surface area contributed by atoms with Crippen LogP contribution in [0.15, 0.2) is 66.7 Å². The molecule has 3 aromatic carbocycles. The fraction of sp³-hybridized carbons (Fsp3) is 0.286. The standard InChI is InChI=1S/C28H31ClN2O3/c1-5-34-24-13-11-23(12-14-24)30-28(33)22-10-15-25(29)26(17-22)31-27(32)19(4)21-8-6-20(7-9-21)16-18(2)3/h6-15,17-19H,5,16H2,1-4H3,(H,30,33)(H,31,32)/t19-/m0/s1. The number of hydrogen-bond donors (Lipinski definition) is 2. The normalized spacial score (nSPS) is 11.7. The Labute approximate surface area is 206 Å². The number of amides is 2. The van der Waals surface area contributed by atoms with Gasteiger partial charge in [0.25, 0.3) is 5.91 Å². The van der Waals surface area contributed by atoms with Crippen LogP contribution >= 0.6 is 11.6 Å². The summed E-state index contributed by atoms with van der Waals surface area (Å²) in [6.07, 6.45) is 1.00. The number of benzene rings is 3. The molecule has 0 saturated carbocycles. The lowest BCUT2D eigenvalue weighted by Gasteiger charge is -2.15. The first kappa shape index (κ1) is 25.3. The zero-order valence-electron chi connectivity index (χ0n) is 20.0. The second kappa shape index (κ2) is 11.7. The second-order valence-electron chi connectivity index (χ2n) is 8.66. The van der Waals surface area contributed by atoms with Crippen LogP contribution in [0.4, 0.5) is 11.4 Å². The van der Waals surface area contributed by atoms with Crippen LogP contribution in [0.3, 0.4) is 0 Å². The lowest BCUT2D eigenvalue weighted by atomic mass is 9.96. The molecule has 0 radical (unpaired) electrons. The average Bonchev–Trinajstić information content (AvgIpc) is 2.81. The molecule has 6 heteroatoms. The zero-order valence-corrected chi connectivity index (χ0v) is 20.8. The van der Waals surface area contributed by atoms with E-state index in [2.05, 4.69) is 36.6 Å². The van der Waals surface area contributed by atoms with Gasteiger partial charge in [-0.3, -0.25) is 9.59 Å². The van der Waals surface area contributed by atoms with Crippen molar-refractivity contribution in [2.45, 2.75) is 40.0 Å². The largest absolute Gasteiger partial charge is 0.494 e. The Morgan fingerprint density at radius 2 is 1.59 bits per heavy atom. The minimum atomic E-state index is -0.370. The van der Waals surface area contributed by atoms with E-state index in [1.54, 1.807) is 42.5 Å². The molecule has 0 aromatic heterocycles. The molecule has 0 aliphatic carbocycles. The fourth-order valence-electron chi connectivity index (χ4n) is 3.57. The van der Waals surface area contributed by atoms with E-state index in [1.807, 2.05) is 26.0 Å². The van der Waals surface area contributed by atoms with Gasteiger partial charge >= 0.3 is 0 Å². The molecule has 2 amide bonds. The molecule has 0 saturated heterocycles. The molecule has 34 heavy (non-hydrogen) atoms. The predicted octanol–water partition coefficient (Wildman–Crippen LogP) is 6.93. The van der Waals surface area contributed by atoms with E-state index in [9.17, 15) is 9.59 Å². The van der Waals surface area contributed by atoms with Gasteiger partial charge in [0.15, 0.2) is 0 Å². The number of ether oxygens (including phenoxy) is 1. The van der Waals surface area contributed by atoms with E-state index in [0.717, 1.165) is 17.7 Å². The number of hydrogen-bond acceptors (Lipinski definition) is 3. The predicted molar refractivity (Wildman–Crippen MR) is 139 cm³/mol. The maximum absolute atomic E-state index is 12.9. The summed E-state index contributed by atoms with van der Waals surface area (Å²) in [5, 5.41) is 6.08. The number of carbonyl (C=O) groups is 2. The van der Waals surface area contributed by atoms with E-state index in [4.69, 9.17) is 16.3 Å². The lowest BCUT2D eigenvalue weighted by Crippen LogP contribution is -2.20. The van der Waals surface area contributed by atoms with Gasteiger partial charge in [-0.1, -0.05) is 49.7 Å². The van der Waals surface area contributed by atoms with Crippen LogP contribution in [0.5, 0.6) is 5.75 Å². The molecule has 0 heterocycles. The number of halogens is 1. The van der Waals surface area contributed by atoms with Crippen LogP contribution in [0.25, 0.3) is 0 Å². The second-order valence-corrected chi connectivity index (χ2v) is 9.06. The van der Waals surface area contributed by atoms with E-state index in [0.29, 0.717) is 34.5 Å². The summed E-state index contributed by atoms with van der Waals surface area (Å²) < 4.78 is 5.42. The van der Waals surface area contributed by atoms with E-state index in [1.165, 1.54) is 5.56 Å². The Hall–Kier alpha value is -3.31. The molecule has 178 valence electrons. The van der Waals surface area contributed by atoms with Crippen LogP contribution in [0.1, 0.15) is 55.1 Å². The van der Waals surface area contributed by atoms with Crippen molar-refractivity contribution < 1.29 is 14.3 Å². The number of nitrogens with one attached hydrogen (secondary N) is 2. The SMILES string of the molecule is CCOc1ccc(NC(=O)c2ccc(Cl)c(NC(=O)[C@@H](C)c3ccc(CC(C)C)cc3)c2)cc1. The Balaban J connectivity index is 1.67. The van der Waals surface area contributed by atoms with Crippen molar-refractivity contribution in [1.29, 1.82) is 0 Å². The van der Waals surface area contributed by atoms with E-state index >= 15 is 0 Å². The van der Waals surface area contributed by atoms with Crippen LogP contribution in [-0.2, 0) is 11.2 Å². The third-order valence-corrected chi connectivity index (χ3v) is 5.76. The Morgan fingerprint density at radius 1 is 0.912 bits per heavy atom. The van der Waals surface area contributed by atoms with Crippen molar-refractivity contribution >= 4 is 34.8 Å². The van der Waals surface area contributed by atoms with Crippen LogP contribution in [0.2, 0.25) is 5.02 Å². The van der Waals surface area contributed by atoms with Gasteiger partial charge in [-0.05, 0) is 79.8 Å². The van der Waals surface area contributed by atoms with Gasteiger partial charge in [-0.25, -0.2) is 0 Å². The zero-order chi connectivity index (χ0) is 24.7. The van der Waals surface area contributed by atoms with Crippen LogP contribution in [-0.4, -0.2) is 18.4 Å². The number of rotatable bonds is 9. The molecular weight excluding hydrogens is 448 g/mol. The maximum Gasteiger partial charge on any atom is 0.255 e. The highest BCUT2D eigenvalue weighted by Crippen LogP contribution is 2.26. The molecule has 5 nitrogen and oxygen atoms in total. The summed E-state index contributed by atoms with van der Waals surface area (Å²) >= 11 is 6.31. The minimum absolute atomic E-state index is 0.192. The Morgan fingerprint density at radius 3 is 2.21 bits per heavy atom. The van der Waals surface area contributed by atoms with E-state index in [-0.39, 0.29) is 17.7 Å². The maximum atomic E-state index is 12.9. The monoisotopic (exact) mass is 478 g/mol. The Bertz CT molecular complexity index is 1130. The molecule has 0 aliphatic heterocycles. The van der Waals surface area contributed by atoms with Gasteiger partial charge in [0.2, 0.25) is 5.91 Å². The average molecular weight is 479 g/mol. The number of carbonyl (C=O) groups excluding carboxylic acids is 2. The summed E-state index contributed by atoms with van der Waals surface area (Å²) in [5.74, 6) is 0.450. The third kappa shape index (κ3) is 6.84. The van der Waals surface area contributed by atoms with Gasteiger partial charge in [-0.15, -0.1) is 0 Å². The molecule has 0 unspecified atom stereocenters. The van der Waals surface area contributed by atoms with Gasteiger partial charge in [0.1, 0.15) is 5.75 Å². The molecule has 0 spiro atoms. The van der Waals surface area contributed by atoms with Gasteiger partial charge in [0.05, 0.1) is 23.2 Å². The van der Waals surface area contributed by atoms with Crippen molar-refractivity contribution in [1.82, 2.24) is 0 Å². The lowest BCUT2D eigenvalue weighted by molar-refractivity contribution is -0.117. The first-order chi connectivity index (χ1) is 16.3. The van der Waals surface area contributed by atoms with Crippen molar-refractivity contribution in [3.8, 4) is 5.75 Å². The smallest absolute Gasteiger partial charge is 0.255 e. The summed E-state index contributed by atoms with van der Waals surface area (Å²) in [7, 11) is 0. The first-order valence-electron chi connectivity index (χ1n) is 11.5. The van der Waals surface area contributed by atoms with Crippen LogP contribution in [0, 0.1) is 5.92 Å². The number of anilines is 2. The van der Waals surface area contributed by atoms with Crippen molar-refractivity contribution in [3.05, 3.63) is 88.4 Å². The molecule has 2 N–H and O–H groups in total. The summed E-state index contributed by atoms with van der Waals surface area (Å²) in [6.45, 7) is 8.70. The van der Waals surface area contributed by atoms with Crippen molar-refractivity contribution in [2.75, 3.05) is 17.2 Å². The molecule has 0 aliphatic rings. The van der Waals surface area contributed by atoms with Gasteiger partial charge in [-0.2, -0.15) is 0 Å². The van der Waals surface area contributed by atoms with Crippen LogP contribution < -0.4 is 15.4 Å². The third-order valence-electron chi connectivity index (χ3n) is 5.43. The molecule has 3 aromatic rings.